The van der Waals surface area contributed by atoms with Crippen LogP contribution in [0.15, 0.2) is 142 Å². The van der Waals surface area contributed by atoms with Crippen LogP contribution in [0.4, 0.5) is 0 Å². The lowest BCUT2D eigenvalue weighted by molar-refractivity contribution is 0.668. The molecule has 0 fully saturated rings. The van der Waals surface area contributed by atoms with Gasteiger partial charge in [-0.25, -0.2) is 15.0 Å². The number of aromatic nitrogens is 3. The van der Waals surface area contributed by atoms with Gasteiger partial charge in [-0.3, -0.25) is 0 Å². The number of hydrogen-bond acceptors (Lipinski definition) is 5. The number of fused-ring (bicyclic) bond motifs is 6. The molecule has 0 N–H and O–H groups in total. The molecule has 0 atom stereocenters. The SMILES string of the molecule is Bc1c(B)c(B)c(-c2ccc(-c3nc(-c4ccccc4)nc(-c4ccc5oc6cccc(-c7cccc8c7oc7ccccc78)c6c5c4)n3)cc2)c(B)c1B. The van der Waals surface area contributed by atoms with Crippen molar-refractivity contribution >= 4 is 110 Å². The maximum Gasteiger partial charge on any atom is 0.164 e. The van der Waals surface area contributed by atoms with Gasteiger partial charge in [0.25, 0.3) is 0 Å². The second-order valence-electron chi connectivity index (χ2n) is 14.5. The standard InChI is InChI=1S/C45H32B5N3O2/c46-37-35(38(47)40(49)41(50)39(37)48)23-16-18-25(19-17-23)44-51-43(24-8-2-1-3-9-24)52-45(53-44)26-20-21-33-31(22-26)36-28(11-7-15-34(36)54-33)30-13-6-12-29-27-10-4-5-14-32(27)55-42(29)30/h1-22H,46-50H2. The fourth-order valence-corrected chi connectivity index (χ4v) is 8.22. The van der Waals surface area contributed by atoms with Gasteiger partial charge in [0, 0.05) is 43.8 Å². The van der Waals surface area contributed by atoms with E-state index in [2.05, 4.69) is 106 Å². The van der Waals surface area contributed by atoms with Crippen molar-refractivity contribution < 1.29 is 8.83 Å². The Morgan fingerprint density at radius 1 is 0.364 bits per heavy atom. The monoisotopic (exact) mass is 701 g/mol. The van der Waals surface area contributed by atoms with Crippen LogP contribution >= 0.6 is 0 Å². The Bertz CT molecular complexity index is 3130. The summed E-state index contributed by atoms with van der Waals surface area (Å²) in [4.78, 5) is 15.2. The highest BCUT2D eigenvalue weighted by Crippen LogP contribution is 2.42. The second kappa shape index (κ2) is 12.8. The number of furan rings is 2. The van der Waals surface area contributed by atoms with E-state index in [4.69, 9.17) is 23.8 Å². The molecule has 0 saturated heterocycles. The molecule has 0 aliphatic rings. The lowest BCUT2D eigenvalue weighted by Gasteiger charge is -2.20. The second-order valence-corrected chi connectivity index (χ2v) is 14.5. The van der Waals surface area contributed by atoms with E-state index >= 15 is 0 Å². The van der Waals surface area contributed by atoms with E-state index in [1.165, 1.54) is 38.4 Å². The molecule has 10 rings (SSSR count). The minimum atomic E-state index is 0.595. The first-order chi connectivity index (χ1) is 26.8. The lowest BCUT2D eigenvalue weighted by atomic mass is 9.59. The Morgan fingerprint density at radius 2 is 0.891 bits per heavy atom. The summed E-state index contributed by atoms with van der Waals surface area (Å²) in [6.45, 7) is 0. The lowest BCUT2D eigenvalue weighted by Crippen LogP contribution is -2.55. The highest BCUT2D eigenvalue weighted by Gasteiger charge is 2.20. The van der Waals surface area contributed by atoms with Gasteiger partial charge in [0.2, 0.25) is 0 Å². The van der Waals surface area contributed by atoms with Crippen LogP contribution in [-0.2, 0) is 0 Å². The molecule has 10 heteroatoms. The normalized spacial score (nSPS) is 11.6. The van der Waals surface area contributed by atoms with Crippen LogP contribution in [0.3, 0.4) is 0 Å². The van der Waals surface area contributed by atoms with Crippen molar-refractivity contribution in [2.45, 2.75) is 0 Å². The summed E-state index contributed by atoms with van der Waals surface area (Å²) in [5.41, 5.74) is 17.3. The predicted molar refractivity (Wildman–Crippen MR) is 242 cm³/mol. The molecule has 0 radical (unpaired) electrons. The molecule has 55 heavy (non-hydrogen) atoms. The van der Waals surface area contributed by atoms with Crippen molar-refractivity contribution in [1.29, 1.82) is 0 Å². The van der Waals surface area contributed by atoms with Crippen molar-refractivity contribution in [3.63, 3.8) is 0 Å². The molecule has 0 spiro atoms. The zero-order chi connectivity index (χ0) is 37.4. The number of rotatable bonds is 5. The van der Waals surface area contributed by atoms with Crippen molar-refractivity contribution in [3.05, 3.63) is 133 Å². The fourth-order valence-electron chi connectivity index (χ4n) is 8.22. The molecule has 10 aromatic rings. The van der Waals surface area contributed by atoms with Gasteiger partial charge in [0.1, 0.15) is 61.6 Å². The molecular weight excluding hydrogens is 669 g/mol. The zero-order valence-electron chi connectivity index (χ0n) is 31.4. The van der Waals surface area contributed by atoms with Gasteiger partial charge in [-0.05, 0) is 47.0 Å². The van der Waals surface area contributed by atoms with E-state index in [1.807, 2.05) is 66.7 Å². The van der Waals surface area contributed by atoms with Crippen LogP contribution in [0.25, 0.3) is 100 Å². The van der Waals surface area contributed by atoms with Crippen molar-refractivity contribution in [3.8, 4) is 56.4 Å². The zero-order valence-corrected chi connectivity index (χ0v) is 31.4. The van der Waals surface area contributed by atoms with E-state index in [0.29, 0.717) is 17.5 Å². The summed E-state index contributed by atoms with van der Waals surface area (Å²) in [5.74, 6) is 1.84. The molecule has 0 bridgehead atoms. The molecule has 5 nitrogen and oxygen atoms in total. The topological polar surface area (TPSA) is 65.0 Å². The first-order valence-corrected chi connectivity index (χ1v) is 18.7. The molecule has 0 unspecified atom stereocenters. The molecule has 254 valence electrons. The van der Waals surface area contributed by atoms with Gasteiger partial charge in [-0.1, -0.05) is 114 Å². The molecule has 3 aromatic heterocycles. The summed E-state index contributed by atoms with van der Waals surface area (Å²) in [6.07, 6.45) is 0. The molecular formula is C45H32B5N3O2. The third-order valence-corrected chi connectivity index (χ3v) is 11.5. The Balaban J connectivity index is 1.13. The molecule has 0 amide bonds. The fraction of sp³-hybridized carbons (Fsp3) is 0. The van der Waals surface area contributed by atoms with Crippen LogP contribution < -0.4 is 27.3 Å². The Hall–Kier alpha value is -6.53. The summed E-state index contributed by atoms with van der Waals surface area (Å²) >= 11 is 0. The minimum Gasteiger partial charge on any atom is -0.456 e. The molecule has 7 aromatic carbocycles. The van der Waals surface area contributed by atoms with E-state index < -0.39 is 0 Å². The average molecular weight is 701 g/mol. The predicted octanol–water partition coefficient (Wildman–Crippen LogP) is 3.30. The number of para-hydroxylation sites is 2. The van der Waals surface area contributed by atoms with Crippen molar-refractivity contribution in [1.82, 2.24) is 15.0 Å². The quantitative estimate of drug-likeness (QED) is 0.258. The third-order valence-electron chi connectivity index (χ3n) is 11.5. The third kappa shape index (κ3) is 5.35. The highest BCUT2D eigenvalue weighted by atomic mass is 16.3. The average Bonchev–Trinajstić information content (AvgIpc) is 3.81. The van der Waals surface area contributed by atoms with Gasteiger partial charge in [-0.15, -0.1) is 16.4 Å². The van der Waals surface area contributed by atoms with Gasteiger partial charge in [0.15, 0.2) is 17.5 Å². The van der Waals surface area contributed by atoms with Crippen molar-refractivity contribution in [2.24, 2.45) is 0 Å². The van der Waals surface area contributed by atoms with E-state index in [9.17, 15) is 0 Å². The number of hydrogen-bond donors (Lipinski definition) is 0. The van der Waals surface area contributed by atoms with Gasteiger partial charge >= 0.3 is 0 Å². The van der Waals surface area contributed by atoms with Gasteiger partial charge in [-0.2, -0.15) is 0 Å². The van der Waals surface area contributed by atoms with E-state index in [1.54, 1.807) is 0 Å². The van der Waals surface area contributed by atoms with Crippen LogP contribution in [0.5, 0.6) is 0 Å². The summed E-state index contributed by atoms with van der Waals surface area (Å²) in [7, 11) is 11.1. The summed E-state index contributed by atoms with van der Waals surface area (Å²) in [6, 6.07) is 45.7. The van der Waals surface area contributed by atoms with Crippen molar-refractivity contribution in [2.75, 3.05) is 0 Å². The minimum absolute atomic E-state index is 0.595. The summed E-state index contributed by atoms with van der Waals surface area (Å²) in [5, 5.41) is 4.20. The first-order valence-electron chi connectivity index (χ1n) is 18.7. The highest BCUT2D eigenvalue weighted by molar-refractivity contribution is 6.68. The van der Waals surface area contributed by atoms with Gasteiger partial charge in [0.05, 0.1) is 0 Å². The number of nitrogens with zero attached hydrogens (tertiary/aromatic N) is 3. The van der Waals surface area contributed by atoms with Crippen LogP contribution in [0.1, 0.15) is 0 Å². The molecule has 3 heterocycles. The van der Waals surface area contributed by atoms with E-state index in [-0.39, 0.29) is 0 Å². The Labute approximate surface area is 322 Å². The number of benzene rings is 7. The van der Waals surface area contributed by atoms with Crippen LogP contribution in [0, 0.1) is 0 Å². The first kappa shape index (κ1) is 33.1. The van der Waals surface area contributed by atoms with Gasteiger partial charge < -0.3 is 8.83 Å². The Morgan fingerprint density at radius 3 is 1.64 bits per heavy atom. The maximum atomic E-state index is 6.48. The van der Waals surface area contributed by atoms with Crippen LogP contribution in [0.2, 0.25) is 0 Å². The smallest absolute Gasteiger partial charge is 0.164 e. The summed E-state index contributed by atoms with van der Waals surface area (Å²) < 4.78 is 12.9. The largest absolute Gasteiger partial charge is 0.456 e. The van der Waals surface area contributed by atoms with E-state index in [0.717, 1.165) is 71.7 Å². The molecule has 0 aliphatic heterocycles. The van der Waals surface area contributed by atoms with Crippen LogP contribution in [-0.4, -0.2) is 54.2 Å². The molecule has 0 saturated carbocycles. The maximum absolute atomic E-state index is 6.48. The molecule has 0 aliphatic carbocycles. The Kier molecular flexibility index (Phi) is 7.70.